The molecule has 1 aliphatic heterocycles. The maximum Gasteiger partial charge on any atom is 0.330 e. The molecule has 5 rings (SSSR count). The Morgan fingerprint density at radius 1 is 0.904 bits per heavy atom. The molecule has 0 amide bonds. The number of ether oxygens (including phenoxy) is 4. The van der Waals surface area contributed by atoms with Crippen molar-refractivity contribution in [2.75, 3.05) is 27.4 Å². The molecule has 1 aliphatic rings. The highest BCUT2D eigenvalue weighted by Crippen LogP contribution is 2.61. The van der Waals surface area contributed by atoms with Crippen LogP contribution >= 0.6 is 7.29 Å². The van der Waals surface area contributed by atoms with Crippen molar-refractivity contribution in [1.29, 1.82) is 5.26 Å². The van der Waals surface area contributed by atoms with Crippen molar-refractivity contribution in [3.63, 3.8) is 0 Å². The summed E-state index contributed by atoms with van der Waals surface area (Å²) in [5.74, 6) is 1.27. The SMILES string of the molecule is COc1ccc(C(OC[C@H]2O[C@@H](n3ccc(=O)[nH]c3=O)[C@H](N(CCC#N)P(=O)(C(C)C)C(C)C)[C@H]2F)(c2ccccc2)c2ccc(OC)cc2)cc1. The van der Waals surface area contributed by atoms with E-state index < -0.39 is 60.0 Å². The van der Waals surface area contributed by atoms with Gasteiger partial charge in [0.05, 0.1) is 32.9 Å². The third-order valence-corrected chi connectivity index (χ3v) is 14.0. The normalized spacial score (nSPS) is 19.2. The maximum absolute atomic E-state index is 17.4. The lowest BCUT2D eigenvalue weighted by Crippen LogP contribution is -2.48. The average molecular weight is 733 g/mol. The highest BCUT2D eigenvalue weighted by Gasteiger charge is 2.55. The van der Waals surface area contributed by atoms with E-state index in [9.17, 15) is 19.4 Å². The molecule has 0 aliphatic carbocycles. The van der Waals surface area contributed by atoms with Gasteiger partial charge in [0.2, 0.25) is 0 Å². The highest BCUT2D eigenvalue weighted by molar-refractivity contribution is 7.62. The van der Waals surface area contributed by atoms with Crippen LogP contribution in [0.15, 0.2) is 101 Å². The molecule has 3 aromatic carbocycles. The summed E-state index contributed by atoms with van der Waals surface area (Å²) in [6, 6.07) is 26.3. The molecule has 13 heteroatoms. The zero-order chi connectivity index (χ0) is 37.6. The number of methoxy groups -OCH3 is 2. The van der Waals surface area contributed by atoms with Gasteiger partial charge in [-0.1, -0.05) is 82.3 Å². The van der Waals surface area contributed by atoms with Crippen LogP contribution in [0.25, 0.3) is 0 Å². The van der Waals surface area contributed by atoms with Crippen LogP contribution in [-0.2, 0) is 19.6 Å². The highest BCUT2D eigenvalue weighted by atomic mass is 31.2. The predicted octanol–water partition coefficient (Wildman–Crippen LogP) is 6.48. The number of rotatable bonds is 15. The van der Waals surface area contributed by atoms with E-state index in [1.54, 1.807) is 18.9 Å². The Morgan fingerprint density at radius 3 is 1.92 bits per heavy atom. The van der Waals surface area contributed by atoms with Crippen molar-refractivity contribution in [3.8, 4) is 17.6 Å². The fourth-order valence-corrected chi connectivity index (χ4v) is 10.6. The van der Waals surface area contributed by atoms with Gasteiger partial charge in [-0.3, -0.25) is 14.3 Å². The van der Waals surface area contributed by atoms with Gasteiger partial charge < -0.3 is 23.5 Å². The van der Waals surface area contributed by atoms with Crippen LogP contribution in [0.2, 0.25) is 0 Å². The Balaban J connectivity index is 1.66. The summed E-state index contributed by atoms with van der Waals surface area (Å²) in [7, 11) is -0.240. The van der Waals surface area contributed by atoms with E-state index in [1.807, 2.05) is 107 Å². The Labute approximate surface area is 303 Å². The van der Waals surface area contributed by atoms with E-state index in [1.165, 1.54) is 6.20 Å². The zero-order valence-electron chi connectivity index (χ0n) is 30.3. The summed E-state index contributed by atoms with van der Waals surface area (Å²) in [4.78, 5) is 27.5. The second-order valence-electron chi connectivity index (χ2n) is 13.3. The van der Waals surface area contributed by atoms with Crippen molar-refractivity contribution in [2.45, 2.75) is 75.6 Å². The first-order valence-electron chi connectivity index (χ1n) is 17.2. The number of alkyl halides is 1. The number of aromatic amines is 1. The van der Waals surface area contributed by atoms with Gasteiger partial charge in [0, 0.05) is 36.5 Å². The topological polar surface area (TPSA) is 136 Å². The Hall–Kier alpha value is -4.53. The van der Waals surface area contributed by atoms with Crippen molar-refractivity contribution in [1.82, 2.24) is 14.2 Å². The smallest absolute Gasteiger partial charge is 0.330 e. The Kier molecular flexibility index (Phi) is 12.2. The van der Waals surface area contributed by atoms with Crippen molar-refractivity contribution < 1.29 is 27.9 Å². The minimum absolute atomic E-state index is 0.0214. The summed E-state index contributed by atoms with van der Waals surface area (Å²) < 4.78 is 59.4. The molecule has 4 aromatic rings. The van der Waals surface area contributed by atoms with E-state index in [0.717, 1.165) is 27.3 Å². The van der Waals surface area contributed by atoms with Gasteiger partial charge in [0.25, 0.3) is 5.56 Å². The number of H-pyrrole nitrogens is 1. The number of nitrogens with zero attached hydrogens (tertiary/aromatic N) is 3. The quantitative estimate of drug-likeness (QED) is 0.108. The molecule has 0 spiro atoms. The number of benzene rings is 3. The number of hydrogen-bond acceptors (Lipinski definition) is 8. The van der Waals surface area contributed by atoms with Crippen LogP contribution < -0.4 is 20.7 Å². The van der Waals surface area contributed by atoms with Gasteiger partial charge in [-0.2, -0.15) is 5.26 Å². The zero-order valence-corrected chi connectivity index (χ0v) is 31.2. The number of nitrogens with one attached hydrogen (secondary N) is 1. The Bertz CT molecular complexity index is 1940. The summed E-state index contributed by atoms with van der Waals surface area (Å²) in [5, 5.41) is 9.62. The van der Waals surface area contributed by atoms with Gasteiger partial charge in [0.1, 0.15) is 29.4 Å². The number of halogens is 1. The van der Waals surface area contributed by atoms with Crippen LogP contribution in [0.5, 0.6) is 11.5 Å². The molecular weight excluding hydrogens is 686 g/mol. The summed E-state index contributed by atoms with van der Waals surface area (Å²) in [5.41, 5.74) is -1.34. The molecule has 52 heavy (non-hydrogen) atoms. The van der Waals surface area contributed by atoms with Crippen molar-refractivity contribution >= 4 is 7.29 Å². The Morgan fingerprint density at radius 2 is 1.44 bits per heavy atom. The molecule has 0 unspecified atom stereocenters. The fourth-order valence-electron chi connectivity index (χ4n) is 7.16. The van der Waals surface area contributed by atoms with E-state index in [4.69, 9.17) is 18.9 Å². The van der Waals surface area contributed by atoms with Crippen LogP contribution in [0, 0.1) is 11.3 Å². The third-order valence-electron chi connectivity index (χ3n) is 9.73. The van der Waals surface area contributed by atoms with Crippen LogP contribution in [-0.4, -0.2) is 71.2 Å². The predicted molar refractivity (Wildman–Crippen MR) is 197 cm³/mol. The molecule has 1 N–H and O–H groups in total. The molecule has 0 radical (unpaired) electrons. The first kappa shape index (κ1) is 38.7. The minimum atomic E-state index is -3.40. The number of aromatic nitrogens is 2. The fraction of sp³-hybridized carbons (Fsp3) is 0.410. The lowest BCUT2D eigenvalue weighted by molar-refractivity contribution is -0.0885. The molecule has 1 aromatic heterocycles. The van der Waals surface area contributed by atoms with E-state index >= 15 is 4.39 Å². The lowest BCUT2D eigenvalue weighted by Gasteiger charge is -2.42. The van der Waals surface area contributed by atoms with E-state index in [2.05, 4.69) is 11.1 Å². The van der Waals surface area contributed by atoms with Crippen molar-refractivity contribution in [2.24, 2.45) is 0 Å². The number of hydrogen-bond donors (Lipinski definition) is 1. The van der Waals surface area contributed by atoms with Gasteiger partial charge >= 0.3 is 5.69 Å². The molecule has 0 saturated carbocycles. The molecule has 0 bridgehead atoms. The van der Waals surface area contributed by atoms with Gasteiger partial charge in [-0.05, 0) is 41.0 Å². The van der Waals surface area contributed by atoms with Crippen LogP contribution in [0.4, 0.5) is 4.39 Å². The van der Waals surface area contributed by atoms with Gasteiger partial charge in [-0.25, -0.2) is 13.9 Å². The van der Waals surface area contributed by atoms with Crippen LogP contribution in [0.1, 0.15) is 57.0 Å². The molecule has 4 atom stereocenters. The van der Waals surface area contributed by atoms with Crippen LogP contribution in [0.3, 0.4) is 0 Å². The average Bonchev–Trinajstić information content (AvgIpc) is 3.47. The third kappa shape index (κ3) is 7.37. The van der Waals surface area contributed by atoms with E-state index in [0.29, 0.717) is 11.5 Å². The standard InChI is InChI=1S/C39H46FN4O7P/c1-26(2)52(47,27(3)4)44(23-10-22-41)36-35(40)33(51-37(36)43-24-21-34(45)42-38(43)46)25-50-39(28-11-8-7-9-12-28,29-13-17-31(48-5)18-14-29)30-15-19-32(49-6)20-16-30/h7-9,11-21,24,26-27,33,35-37H,10,23,25H2,1-6H3,(H,42,45,46)/t33-,35+,36-,37-/m1/s1. The maximum atomic E-state index is 17.4. The largest absolute Gasteiger partial charge is 0.497 e. The summed E-state index contributed by atoms with van der Waals surface area (Å²) in [6.45, 7) is 6.91. The molecule has 2 heterocycles. The second-order valence-corrected chi connectivity index (χ2v) is 17.2. The monoisotopic (exact) mass is 732 g/mol. The number of nitriles is 1. The lowest BCUT2D eigenvalue weighted by atomic mass is 9.80. The van der Waals surface area contributed by atoms with Crippen molar-refractivity contribution in [3.05, 3.63) is 129 Å². The van der Waals surface area contributed by atoms with Gasteiger partial charge in [-0.15, -0.1) is 0 Å². The van der Waals surface area contributed by atoms with E-state index in [-0.39, 0.29) is 19.6 Å². The summed E-state index contributed by atoms with van der Waals surface area (Å²) >= 11 is 0. The first-order valence-corrected chi connectivity index (χ1v) is 19.0. The molecular formula is C39H46FN4O7P. The van der Waals surface area contributed by atoms with Gasteiger partial charge in [0.15, 0.2) is 13.5 Å². The minimum Gasteiger partial charge on any atom is -0.497 e. The summed E-state index contributed by atoms with van der Waals surface area (Å²) in [6.07, 6.45) is -3.21. The molecule has 276 valence electrons. The molecule has 1 saturated heterocycles. The first-order chi connectivity index (χ1) is 24.9. The molecule has 1 fully saturated rings. The second kappa shape index (κ2) is 16.4. The molecule has 11 nitrogen and oxygen atoms in total.